The second-order valence-corrected chi connectivity index (χ2v) is 5.07. The Morgan fingerprint density at radius 3 is 2.55 bits per heavy atom. The van der Waals surface area contributed by atoms with Gasteiger partial charge in [0.05, 0.1) is 11.3 Å². The van der Waals surface area contributed by atoms with Crippen LogP contribution in [0.5, 0.6) is 0 Å². The molecule has 3 aromatic rings. The van der Waals surface area contributed by atoms with Gasteiger partial charge >= 0.3 is 5.97 Å². The van der Waals surface area contributed by atoms with Gasteiger partial charge in [-0.3, -0.25) is 0 Å². The van der Waals surface area contributed by atoms with Crippen LogP contribution in [0.4, 0.5) is 0 Å². The monoisotopic (exact) mass is 312 g/mol. The van der Waals surface area contributed by atoms with Crippen LogP contribution in [0.25, 0.3) is 5.69 Å². The number of carbonyl (C=O) groups excluding carboxylic acids is 1. The van der Waals surface area contributed by atoms with E-state index >= 15 is 0 Å². The van der Waals surface area contributed by atoms with Crippen LogP contribution in [0, 0.1) is 0 Å². The van der Waals surface area contributed by atoms with E-state index in [-0.39, 0.29) is 12.6 Å². The first-order chi connectivity index (χ1) is 10.7. The first kappa shape index (κ1) is 14.4. The average Bonchev–Trinajstić information content (AvgIpc) is 3.08. The lowest BCUT2D eigenvalue weighted by molar-refractivity contribution is 0.0473. The molecule has 0 bridgehead atoms. The molecule has 0 amide bonds. The number of hydrogen-bond acceptors (Lipinski definition) is 3. The number of esters is 1. The molecule has 0 aliphatic carbocycles. The molecule has 0 fully saturated rings. The molecule has 5 heteroatoms. The highest BCUT2D eigenvalue weighted by Crippen LogP contribution is 2.17. The van der Waals surface area contributed by atoms with Gasteiger partial charge in [-0.1, -0.05) is 29.8 Å². The molecule has 0 spiro atoms. The van der Waals surface area contributed by atoms with Crippen molar-refractivity contribution in [3.05, 3.63) is 83.1 Å². The molecule has 0 atom stereocenters. The Morgan fingerprint density at radius 2 is 1.86 bits per heavy atom. The average molecular weight is 313 g/mol. The van der Waals surface area contributed by atoms with E-state index in [9.17, 15) is 4.79 Å². The first-order valence-electron chi connectivity index (χ1n) is 6.74. The predicted octanol–water partition coefficient (Wildman–Crippen LogP) is 3.88. The first-order valence-corrected chi connectivity index (χ1v) is 7.12. The maximum atomic E-state index is 12.0. The Hall–Kier alpha value is -2.59. The van der Waals surface area contributed by atoms with Crippen LogP contribution in [-0.2, 0) is 11.3 Å². The van der Waals surface area contributed by atoms with Gasteiger partial charge in [-0.2, -0.15) is 5.10 Å². The van der Waals surface area contributed by atoms with Crippen molar-refractivity contribution in [2.24, 2.45) is 0 Å². The lowest BCUT2D eigenvalue weighted by atomic mass is 10.2. The highest BCUT2D eigenvalue weighted by atomic mass is 35.5. The van der Waals surface area contributed by atoms with E-state index in [2.05, 4.69) is 5.10 Å². The second kappa shape index (κ2) is 6.45. The van der Waals surface area contributed by atoms with E-state index in [4.69, 9.17) is 16.3 Å². The van der Waals surface area contributed by atoms with Crippen LogP contribution in [0.15, 0.2) is 67.0 Å². The molecule has 0 radical (unpaired) electrons. The topological polar surface area (TPSA) is 44.1 Å². The third-order valence-corrected chi connectivity index (χ3v) is 3.56. The Kier molecular flexibility index (Phi) is 4.21. The zero-order valence-corrected chi connectivity index (χ0v) is 12.4. The fourth-order valence-electron chi connectivity index (χ4n) is 2.01. The molecule has 0 unspecified atom stereocenters. The Morgan fingerprint density at radius 1 is 1.09 bits per heavy atom. The predicted molar refractivity (Wildman–Crippen MR) is 84.1 cm³/mol. The van der Waals surface area contributed by atoms with E-state index in [1.807, 2.05) is 42.6 Å². The second-order valence-electron chi connectivity index (χ2n) is 4.67. The van der Waals surface area contributed by atoms with Gasteiger partial charge in [-0.05, 0) is 36.4 Å². The molecular weight excluding hydrogens is 300 g/mol. The third-order valence-electron chi connectivity index (χ3n) is 3.19. The minimum atomic E-state index is -0.382. The van der Waals surface area contributed by atoms with Gasteiger partial charge in [0.2, 0.25) is 0 Å². The summed E-state index contributed by atoms with van der Waals surface area (Å²) in [7, 11) is 0. The van der Waals surface area contributed by atoms with Gasteiger partial charge in [0, 0.05) is 23.0 Å². The number of benzene rings is 2. The van der Waals surface area contributed by atoms with Crippen molar-refractivity contribution in [2.45, 2.75) is 6.61 Å². The summed E-state index contributed by atoms with van der Waals surface area (Å²) in [6.07, 6.45) is 3.54. The van der Waals surface area contributed by atoms with Gasteiger partial charge < -0.3 is 4.74 Å². The zero-order valence-electron chi connectivity index (χ0n) is 11.6. The minimum absolute atomic E-state index is 0.152. The van der Waals surface area contributed by atoms with E-state index in [0.29, 0.717) is 10.6 Å². The fraction of sp³-hybridized carbons (Fsp3) is 0.0588. The lowest BCUT2D eigenvalue weighted by Gasteiger charge is -2.07. The molecule has 1 aromatic heterocycles. The molecule has 0 N–H and O–H groups in total. The maximum absolute atomic E-state index is 12.0. The Balaban J connectivity index is 1.67. The van der Waals surface area contributed by atoms with Gasteiger partial charge in [-0.15, -0.1) is 0 Å². The van der Waals surface area contributed by atoms with E-state index in [1.54, 1.807) is 29.1 Å². The molecule has 0 saturated carbocycles. The number of carbonyl (C=O) groups is 1. The molecule has 2 aromatic carbocycles. The summed E-state index contributed by atoms with van der Waals surface area (Å²) in [6, 6.07) is 16.2. The van der Waals surface area contributed by atoms with Crippen molar-refractivity contribution in [1.29, 1.82) is 0 Å². The van der Waals surface area contributed by atoms with Gasteiger partial charge in [-0.25, -0.2) is 9.48 Å². The summed E-state index contributed by atoms with van der Waals surface area (Å²) in [4.78, 5) is 12.0. The molecule has 22 heavy (non-hydrogen) atoms. The Labute approximate surface area is 132 Å². The van der Waals surface area contributed by atoms with Gasteiger partial charge in [0.25, 0.3) is 0 Å². The van der Waals surface area contributed by atoms with Crippen molar-refractivity contribution in [2.75, 3.05) is 0 Å². The highest BCUT2D eigenvalue weighted by molar-refractivity contribution is 6.31. The zero-order chi connectivity index (χ0) is 15.4. The largest absolute Gasteiger partial charge is 0.457 e. The van der Waals surface area contributed by atoms with Crippen molar-refractivity contribution >= 4 is 17.6 Å². The van der Waals surface area contributed by atoms with Crippen LogP contribution in [0.3, 0.4) is 0 Å². The summed E-state index contributed by atoms with van der Waals surface area (Å²) in [6.45, 7) is 0.152. The summed E-state index contributed by atoms with van der Waals surface area (Å²) in [5.41, 5.74) is 2.15. The van der Waals surface area contributed by atoms with Crippen molar-refractivity contribution in [1.82, 2.24) is 9.78 Å². The summed E-state index contributed by atoms with van der Waals surface area (Å²) in [5, 5.41) is 4.72. The number of ether oxygens (including phenoxy) is 1. The minimum Gasteiger partial charge on any atom is -0.457 e. The van der Waals surface area contributed by atoms with Crippen LogP contribution < -0.4 is 0 Å². The van der Waals surface area contributed by atoms with Crippen LogP contribution >= 0.6 is 11.6 Å². The molecule has 3 rings (SSSR count). The fourth-order valence-corrected chi connectivity index (χ4v) is 2.20. The SMILES string of the molecule is O=C(OCc1ccccc1Cl)c1ccc(-n2cccn2)cc1. The molecule has 0 saturated heterocycles. The summed E-state index contributed by atoms with van der Waals surface area (Å²) >= 11 is 6.03. The molecule has 1 heterocycles. The van der Waals surface area contributed by atoms with Gasteiger partial charge in [0.1, 0.15) is 6.61 Å². The van der Waals surface area contributed by atoms with Crippen molar-refractivity contribution < 1.29 is 9.53 Å². The highest BCUT2D eigenvalue weighted by Gasteiger charge is 2.09. The Bertz CT molecular complexity index is 768. The lowest BCUT2D eigenvalue weighted by Crippen LogP contribution is -2.06. The third kappa shape index (κ3) is 3.18. The van der Waals surface area contributed by atoms with Crippen molar-refractivity contribution in [3.63, 3.8) is 0 Å². The quantitative estimate of drug-likeness (QED) is 0.687. The smallest absolute Gasteiger partial charge is 0.338 e. The summed E-state index contributed by atoms with van der Waals surface area (Å²) in [5.74, 6) is -0.382. The molecule has 0 aliphatic heterocycles. The maximum Gasteiger partial charge on any atom is 0.338 e. The molecular formula is C17H13ClN2O2. The van der Waals surface area contributed by atoms with E-state index in [0.717, 1.165) is 11.3 Å². The van der Waals surface area contributed by atoms with E-state index in [1.165, 1.54) is 0 Å². The standard InChI is InChI=1S/C17H13ClN2O2/c18-16-5-2-1-4-14(16)12-22-17(21)13-6-8-15(9-7-13)20-11-3-10-19-20/h1-11H,12H2. The van der Waals surface area contributed by atoms with Crippen LogP contribution in [0.1, 0.15) is 15.9 Å². The number of aromatic nitrogens is 2. The molecule has 4 nitrogen and oxygen atoms in total. The van der Waals surface area contributed by atoms with Crippen LogP contribution in [0.2, 0.25) is 5.02 Å². The van der Waals surface area contributed by atoms with Crippen molar-refractivity contribution in [3.8, 4) is 5.69 Å². The number of rotatable bonds is 4. The van der Waals surface area contributed by atoms with Gasteiger partial charge in [0.15, 0.2) is 0 Å². The van der Waals surface area contributed by atoms with E-state index < -0.39 is 0 Å². The number of halogens is 1. The normalized spacial score (nSPS) is 10.4. The summed E-state index contributed by atoms with van der Waals surface area (Å²) < 4.78 is 7.00. The van der Waals surface area contributed by atoms with Crippen LogP contribution in [-0.4, -0.2) is 15.7 Å². The molecule has 0 aliphatic rings. The number of nitrogens with zero attached hydrogens (tertiary/aromatic N) is 2. The number of hydrogen-bond donors (Lipinski definition) is 0. The molecule has 110 valence electrons.